The standard InChI is InChI=1S/C30H27F5N4O/c1-18-6-8-20(9-7-18)26-15-36-17-37-28(26)21(10-19-11-22(31)14-23(32)12-19)13-24(40)16-39-27-5-3-2-4-25(27)29(38-39)30(33,34)35/h6-9,11-12,14-15,17,21H,2-5,10,13,16H2,1H3/t21-/m0/s1. The second-order valence-corrected chi connectivity index (χ2v) is 10.2. The molecule has 2 heterocycles. The maximum Gasteiger partial charge on any atom is 0.435 e. The minimum absolute atomic E-state index is 0.0846. The Bertz CT molecular complexity index is 1510. The average Bonchev–Trinajstić information content (AvgIpc) is 3.27. The van der Waals surface area contributed by atoms with E-state index in [2.05, 4.69) is 15.1 Å². The number of ketones is 1. The summed E-state index contributed by atoms with van der Waals surface area (Å²) in [6, 6.07) is 10.8. The van der Waals surface area contributed by atoms with Gasteiger partial charge in [-0.2, -0.15) is 18.3 Å². The minimum atomic E-state index is -4.61. The van der Waals surface area contributed by atoms with Crippen molar-refractivity contribution in [3.63, 3.8) is 0 Å². The van der Waals surface area contributed by atoms with Crippen molar-refractivity contribution in [2.24, 2.45) is 0 Å². The van der Waals surface area contributed by atoms with E-state index in [4.69, 9.17) is 0 Å². The van der Waals surface area contributed by atoms with Crippen molar-refractivity contribution in [1.82, 2.24) is 19.7 Å². The number of aromatic nitrogens is 4. The summed E-state index contributed by atoms with van der Waals surface area (Å²) in [5.74, 6) is -2.48. The van der Waals surface area contributed by atoms with Gasteiger partial charge in [-0.3, -0.25) is 9.48 Å². The molecular weight excluding hydrogens is 527 g/mol. The lowest BCUT2D eigenvalue weighted by Gasteiger charge is -2.20. The Morgan fingerprint density at radius 3 is 2.42 bits per heavy atom. The number of alkyl halides is 3. The third-order valence-electron chi connectivity index (χ3n) is 7.22. The highest BCUT2D eigenvalue weighted by molar-refractivity contribution is 5.80. The molecule has 4 aromatic rings. The number of halogens is 5. The topological polar surface area (TPSA) is 60.7 Å². The zero-order valence-electron chi connectivity index (χ0n) is 21.8. The molecule has 0 radical (unpaired) electrons. The molecule has 0 aliphatic heterocycles. The van der Waals surface area contributed by atoms with E-state index in [0.29, 0.717) is 35.4 Å². The second-order valence-electron chi connectivity index (χ2n) is 10.2. The molecule has 2 aromatic carbocycles. The van der Waals surface area contributed by atoms with Crippen LogP contribution in [0.2, 0.25) is 0 Å². The fraction of sp³-hybridized carbons (Fsp3) is 0.333. The number of aryl methyl sites for hydroxylation is 1. The first-order chi connectivity index (χ1) is 19.1. The van der Waals surface area contributed by atoms with Gasteiger partial charge >= 0.3 is 6.18 Å². The van der Waals surface area contributed by atoms with Gasteiger partial charge in [0.1, 0.15) is 18.0 Å². The maximum atomic E-state index is 14.0. The Morgan fingerprint density at radius 1 is 1.02 bits per heavy atom. The Balaban J connectivity index is 1.49. The summed E-state index contributed by atoms with van der Waals surface area (Å²) in [4.78, 5) is 22.0. The van der Waals surface area contributed by atoms with E-state index in [1.165, 1.54) is 23.1 Å². The highest BCUT2D eigenvalue weighted by Crippen LogP contribution is 2.36. The number of nitrogens with zero attached hydrogens (tertiary/aromatic N) is 4. The Labute approximate surface area is 228 Å². The van der Waals surface area contributed by atoms with Crippen LogP contribution >= 0.6 is 0 Å². The smallest absolute Gasteiger partial charge is 0.298 e. The summed E-state index contributed by atoms with van der Waals surface area (Å²) in [5.41, 5.74) is 3.03. The number of fused-ring (bicyclic) bond motifs is 1. The average molecular weight is 555 g/mol. The van der Waals surface area contributed by atoms with Gasteiger partial charge in [0.05, 0.1) is 12.2 Å². The lowest BCUT2D eigenvalue weighted by atomic mass is 9.87. The molecule has 2 aromatic heterocycles. The summed E-state index contributed by atoms with van der Waals surface area (Å²) in [7, 11) is 0. The van der Waals surface area contributed by atoms with Gasteiger partial charge in [0, 0.05) is 41.4 Å². The zero-order valence-corrected chi connectivity index (χ0v) is 21.8. The van der Waals surface area contributed by atoms with Gasteiger partial charge < -0.3 is 0 Å². The van der Waals surface area contributed by atoms with E-state index in [0.717, 1.165) is 23.6 Å². The van der Waals surface area contributed by atoms with Crippen LogP contribution in [0.5, 0.6) is 0 Å². The minimum Gasteiger partial charge on any atom is -0.298 e. The highest BCUT2D eigenvalue weighted by Gasteiger charge is 2.39. The van der Waals surface area contributed by atoms with Crippen LogP contribution in [-0.2, 0) is 36.8 Å². The maximum absolute atomic E-state index is 14.0. The molecule has 0 bridgehead atoms. The predicted molar refractivity (Wildman–Crippen MR) is 139 cm³/mol. The number of carbonyl (C=O) groups is 1. The number of hydrogen-bond acceptors (Lipinski definition) is 4. The van der Waals surface area contributed by atoms with Crippen molar-refractivity contribution in [2.45, 2.75) is 64.1 Å². The van der Waals surface area contributed by atoms with Crippen molar-refractivity contribution in [1.29, 1.82) is 0 Å². The molecule has 5 rings (SSSR count). The second kappa shape index (κ2) is 11.3. The van der Waals surface area contributed by atoms with Gasteiger partial charge in [0.2, 0.25) is 0 Å². The number of carbonyl (C=O) groups excluding carboxylic acids is 1. The molecular formula is C30H27F5N4O. The SMILES string of the molecule is Cc1ccc(-c2cncnc2[C@H](CC(=O)Cn2nc(C(F)(F)F)c3c2CCCC3)Cc2cc(F)cc(F)c2)cc1. The van der Waals surface area contributed by atoms with Crippen molar-refractivity contribution in [3.05, 3.63) is 100 Å². The molecule has 5 nitrogen and oxygen atoms in total. The molecule has 208 valence electrons. The lowest BCUT2D eigenvalue weighted by Crippen LogP contribution is -2.20. The van der Waals surface area contributed by atoms with Gasteiger partial charge in [-0.25, -0.2) is 18.7 Å². The molecule has 0 spiro atoms. The summed E-state index contributed by atoms with van der Waals surface area (Å²) >= 11 is 0. The summed E-state index contributed by atoms with van der Waals surface area (Å²) in [5, 5.41) is 3.81. The van der Waals surface area contributed by atoms with Gasteiger partial charge in [-0.1, -0.05) is 29.8 Å². The first-order valence-corrected chi connectivity index (χ1v) is 13.1. The Morgan fingerprint density at radius 2 is 1.73 bits per heavy atom. The fourth-order valence-electron chi connectivity index (χ4n) is 5.43. The first kappa shape index (κ1) is 27.6. The number of hydrogen-bond donors (Lipinski definition) is 0. The largest absolute Gasteiger partial charge is 0.435 e. The summed E-state index contributed by atoms with van der Waals surface area (Å²) in [6.07, 6.45) is 0.367. The number of Topliss-reactive ketones (excluding diaryl/α,β-unsaturated/α-hetero) is 1. The van der Waals surface area contributed by atoms with Crippen molar-refractivity contribution in [2.75, 3.05) is 0 Å². The molecule has 0 N–H and O–H groups in total. The van der Waals surface area contributed by atoms with Crippen LogP contribution in [-0.4, -0.2) is 25.5 Å². The third-order valence-corrected chi connectivity index (χ3v) is 7.22. The van der Waals surface area contributed by atoms with Gasteiger partial charge in [0.15, 0.2) is 11.5 Å². The quantitative estimate of drug-likeness (QED) is 0.225. The van der Waals surface area contributed by atoms with Crippen LogP contribution in [0.1, 0.15) is 59.0 Å². The summed E-state index contributed by atoms with van der Waals surface area (Å²) < 4.78 is 70.2. The monoisotopic (exact) mass is 554 g/mol. The van der Waals surface area contributed by atoms with Gasteiger partial charge in [0.25, 0.3) is 0 Å². The third kappa shape index (κ3) is 6.11. The van der Waals surface area contributed by atoms with Crippen LogP contribution in [0.15, 0.2) is 55.0 Å². The molecule has 0 saturated heterocycles. The van der Waals surface area contributed by atoms with Crippen LogP contribution in [0.3, 0.4) is 0 Å². The molecule has 0 amide bonds. The molecule has 0 saturated carbocycles. The van der Waals surface area contributed by atoms with E-state index in [9.17, 15) is 26.7 Å². The van der Waals surface area contributed by atoms with Gasteiger partial charge in [-0.15, -0.1) is 0 Å². The van der Waals surface area contributed by atoms with Crippen LogP contribution in [0.4, 0.5) is 22.0 Å². The van der Waals surface area contributed by atoms with Crippen molar-refractivity contribution < 1.29 is 26.7 Å². The van der Waals surface area contributed by atoms with Crippen LogP contribution in [0, 0.1) is 18.6 Å². The molecule has 1 aliphatic carbocycles. The molecule has 0 fully saturated rings. The lowest BCUT2D eigenvalue weighted by molar-refractivity contribution is -0.142. The van der Waals surface area contributed by atoms with Crippen molar-refractivity contribution >= 4 is 5.78 Å². The fourth-order valence-corrected chi connectivity index (χ4v) is 5.43. The predicted octanol–water partition coefficient (Wildman–Crippen LogP) is 6.81. The van der Waals surface area contributed by atoms with E-state index in [1.54, 1.807) is 6.20 Å². The van der Waals surface area contributed by atoms with E-state index in [-0.39, 0.29) is 37.2 Å². The molecule has 1 atom stereocenters. The molecule has 1 aliphatic rings. The zero-order chi connectivity index (χ0) is 28.4. The van der Waals surface area contributed by atoms with E-state index in [1.807, 2.05) is 31.2 Å². The van der Waals surface area contributed by atoms with E-state index < -0.39 is 29.4 Å². The Kier molecular flexibility index (Phi) is 7.78. The normalized spacial score (nSPS) is 14.2. The van der Waals surface area contributed by atoms with Gasteiger partial charge in [-0.05, 0) is 62.3 Å². The molecule has 0 unspecified atom stereocenters. The first-order valence-electron chi connectivity index (χ1n) is 13.1. The van der Waals surface area contributed by atoms with Crippen LogP contribution < -0.4 is 0 Å². The highest BCUT2D eigenvalue weighted by atomic mass is 19.4. The van der Waals surface area contributed by atoms with E-state index >= 15 is 0 Å². The molecule has 10 heteroatoms. The number of benzene rings is 2. The van der Waals surface area contributed by atoms with Crippen molar-refractivity contribution in [3.8, 4) is 11.1 Å². The number of rotatable bonds is 8. The van der Waals surface area contributed by atoms with Crippen LogP contribution in [0.25, 0.3) is 11.1 Å². The molecule has 40 heavy (non-hydrogen) atoms. The summed E-state index contributed by atoms with van der Waals surface area (Å²) in [6.45, 7) is 1.61. The Hall–Kier alpha value is -3.95.